The standard InChI is InChI=1S/C22H21NO3/c1-25-21-13-9-19(10-14-21)22(24)23-20-11-7-18(8-12-20)16-26-15-17-5-3-2-4-6-17/h2-14H,15-16H2,1H3,(H,23,24). The van der Waals surface area contributed by atoms with Crippen LogP contribution in [0.15, 0.2) is 78.9 Å². The summed E-state index contributed by atoms with van der Waals surface area (Å²) in [4.78, 5) is 12.3. The topological polar surface area (TPSA) is 47.6 Å². The molecule has 3 aromatic rings. The second-order valence-corrected chi connectivity index (χ2v) is 5.86. The lowest BCUT2D eigenvalue weighted by Crippen LogP contribution is -2.11. The van der Waals surface area contributed by atoms with Crippen molar-refractivity contribution in [2.45, 2.75) is 13.2 Å². The van der Waals surface area contributed by atoms with Gasteiger partial charge in [0.15, 0.2) is 0 Å². The molecule has 0 saturated heterocycles. The average molecular weight is 347 g/mol. The van der Waals surface area contributed by atoms with Gasteiger partial charge < -0.3 is 14.8 Å². The van der Waals surface area contributed by atoms with E-state index in [0.717, 1.165) is 22.6 Å². The van der Waals surface area contributed by atoms with E-state index in [1.165, 1.54) is 0 Å². The number of carbonyl (C=O) groups is 1. The molecular weight excluding hydrogens is 326 g/mol. The smallest absolute Gasteiger partial charge is 0.255 e. The summed E-state index contributed by atoms with van der Waals surface area (Å²) in [7, 11) is 1.60. The minimum absolute atomic E-state index is 0.152. The molecule has 0 saturated carbocycles. The summed E-state index contributed by atoms with van der Waals surface area (Å²) < 4.78 is 10.8. The third-order valence-corrected chi connectivity index (χ3v) is 3.94. The number of amides is 1. The Morgan fingerprint density at radius 1 is 0.808 bits per heavy atom. The summed E-state index contributed by atoms with van der Waals surface area (Å²) in [5.74, 6) is 0.571. The van der Waals surface area contributed by atoms with Crippen LogP contribution in [0.1, 0.15) is 21.5 Å². The van der Waals surface area contributed by atoms with E-state index >= 15 is 0 Å². The highest BCUT2D eigenvalue weighted by atomic mass is 16.5. The summed E-state index contributed by atoms with van der Waals surface area (Å²) in [6.45, 7) is 1.11. The van der Waals surface area contributed by atoms with Crippen molar-refractivity contribution in [3.63, 3.8) is 0 Å². The van der Waals surface area contributed by atoms with Gasteiger partial charge in [-0.1, -0.05) is 42.5 Å². The van der Waals surface area contributed by atoms with Crippen LogP contribution >= 0.6 is 0 Å². The zero-order valence-electron chi connectivity index (χ0n) is 14.6. The van der Waals surface area contributed by atoms with Crippen LogP contribution in [0.4, 0.5) is 5.69 Å². The number of hydrogen-bond acceptors (Lipinski definition) is 3. The predicted molar refractivity (Wildman–Crippen MR) is 102 cm³/mol. The van der Waals surface area contributed by atoms with E-state index < -0.39 is 0 Å². The molecule has 0 fully saturated rings. The Kier molecular flexibility index (Phi) is 6.01. The fraction of sp³-hybridized carbons (Fsp3) is 0.136. The lowest BCUT2D eigenvalue weighted by molar-refractivity contribution is 0.102. The molecule has 0 bridgehead atoms. The molecule has 4 nitrogen and oxygen atoms in total. The number of methoxy groups -OCH3 is 1. The van der Waals surface area contributed by atoms with Gasteiger partial charge in [-0.15, -0.1) is 0 Å². The lowest BCUT2D eigenvalue weighted by atomic mass is 10.2. The first-order valence-electron chi connectivity index (χ1n) is 8.40. The first kappa shape index (κ1) is 17.7. The fourth-order valence-corrected chi connectivity index (χ4v) is 2.49. The summed E-state index contributed by atoms with van der Waals surface area (Å²) in [6, 6.07) is 24.7. The Morgan fingerprint density at radius 2 is 1.42 bits per heavy atom. The third-order valence-electron chi connectivity index (χ3n) is 3.94. The van der Waals surface area contributed by atoms with Crippen molar-refractivity contribution in [2.75, 3.05) is 12.4 Å². The molecule has 0 spiro atoms. The maximum atomic E-state index is 12.3. The van der Waals surface area contributed by atoms with Crippen molar-refractivity contribution < 1.29 is 14.3 Å². The molecule has 0 aliphatic carbocycles. The average Bonchev–Trinajstić information content (AvgIpc) is 2.70. The van der Waals surface area contributed by atoms with Crippen LogP contribution in [0.5, 0.6) is 5.75 Å². The number of hydrogen-bond donors (Lipinski definition) is 1. The largest absolute Gasteiger partial charge is 0.497 e. The van der Waals surface area contributed by atoms with E-state index in [1.54, 1.807) is 31.4 Å². The van der Waals surface area contributed by atoms with Crippen LogP contribution in [0, 0.1) is 0 Å². The van der Waals surface area contributed by atoms with Crippen LogP contribution in [0.2, 0.25) is 0 Å². The quantitative estimate of drug-likeness (QED) is 0.676. The number of anilines is 1. The van der Waals surface area contributed by atoms with E-state index in [-0.39, 0.29) is 5.91 Å². The zero-order valence-corrected chi connectivity index (χ0v) is 14.6. The Hall–Kier alpha value is -3.11. The molecular formula is C22H21NO3. The Bertz CT molecular complexity index is 828. The van der Waals surface area contributed by atoms with Gasteiger partial charge in [0.25, 0.3) is 5.91 Å². The van der Waals surface area contributed by atoms with E-state index in [2.05, 4.69) is 5.32 Å². The molecule has 0 aromatic heterocycles. The minimum Gasteiger partial charge on any atom is -0.497 e. The van der Waals surface area contributed by atoms with Gasteiger partial charge in [0, 0.05) is 11.3 Å². The monoisotopic (exact) mass is 347 g/mol. The molecule has 1 amide bonds. The van der Waals surface area contributed by atoms with E-state index in [4.69, 9.17) is 9.47 Å². The summed E-state index contributed by atoms with van der Waals surface area (Å²) in [5.41, 5.74) is 3.54. The van der Waals surface area contributed by atoms with E-state index in [9.17, 15) is 4.79 Å². The fourth-order valence-electron chi connectivity index (χ4n) is 2.49. The normalized spacial score (nSPS) is 10.3. The van der Waals surface area contributed by atoms with Crippen LogP contribution in [0.3, 0.4) is 0 Å². The van der Waals surface area contributed by atoms with Gasteiger partial charge in [-0.05, 0) is 47.5 Å². The molecule has 0 aliphatic rings. The van der Waals surface area contributed by atoms with Gasteiger partial charge in [0.1, 0.15) is 5.75 Å². The molecule has 132 valence electrons. The molecule has 3 aromatic carbocycles. The Morgan fingerprint density at radius 3 is 2.04 bits per heavy atom. The van der Waals surface area contributed by atoms with Crippen molar-refractivity contribution in [3.8, 4) is 5.75 Å². The molecule has 0 unspecified atom stereocenters. The minimum atomic E-state index is -0.152. The van der Waals surface area contributed by atoms with Crippen molar-refractivity contribution in [1.82, 2.24) is 0 Å². The highest BCUT2D eigenvalue weighted by Gasteiger charge is 2.06. The highest BCUT2D eigenvalue weighted by molar-refractivity contribution is 6.04. The van der Waals surface area contributed by atoms with E-state index in [1.807, 2.05) is 54.6 Å². The van der Waals surface area contributed by atoms with Gasteiger partial charge >= 0.3 is 0 Å². The lowest BCUT2D eigenvalue weighted by Gasteiger charge is -2.08. The maximum absolute atomic E-state index is 12.3. The third kappa shape index (κ3) is 4.94. The summed E-state index contributed by atoms with van der Waals surface area (Å²) in [6.07, 6.45) is 0. The number of carbonyl (C=O) groups excluding carboxylic acids is 1. The molecule has 26 heavy (non-hydrogen) atoms. The Balaban J connectivity index is 1.51. The predicted octanol–water partition coefficient (Wildman–Crippen LogP) is 4.66. The first-order chi connectivity index (χ1) is 12.7. The molecule has 0 radical (unpaired) electrons. The number of ether oxygens (including phenoxy) is 2. The van der Waals surface area contributed by atoms with E-state index in [0.29, 0.717) is 18.8 Å². The first-order valence-corrected chi connectivity index (χ1v) is 8.40. The molecule has 1 N–H and O–H groups in total. The second kappa shape index (κ2) is 8.83. The van der Waals surface area contributed by atoms with Crippen molar-refractivity contribution in [1.29, 1.82) is 0 Å². The SMILES string of the molecule is COc1ccc(C(=O)Nc2ccc(COCc3ccccc3)cc2)cc1. The van der Waals surface area contributed by atoms with Gasteiger partial charge in [0.05, 0.1) is 20.3 Å². The van der Waals surface area contributed by atoms with Gasteiger partial charge in [-0.25, -0.2) is 0 Å². The van der Waals surface area contributed by atoms with Crippen LogP contribution in [0.25, 0.3) is 0 Å². The van der Waals surface area contributed by atoms with Gasteiger partial charge in [-0.3, -0.25) is 4.79 Å². The molecule has 0 aliphatic heterocycles. The van der Waals surface area contributed by atoms with Gasteiger partial charge in [-0.2, -0.15) is 0 Å². The van der Waals surface area contributed by atoms with Crippen LogP contribution in [-0.2, 0) is 18.0 Å². The Labute approximate surface area is 153 Å². The molecule has 0 atom stereocenters. The maximum Gasteiger partial charge on any atom is 0.255 e. The number of rotatable bonds is 7. The van der Waals surface area contributed by atoms with Crippen molar-refractivity contribution in [3.05, 3.63) is 95.6 Å². The zero-order chi connectivity index (χ0) is 18.2. The second-order valence-electron chi connectivity index (χ2n) is 5.86. The van der Waals surface area contributed by atoms with Crippen LogP contribution in [-0.4, -0.2) is 13.0 Å². The molecule has 4 heteroatoms. The summed E-state index contributed by atoms with van der Waals surface area (Å²) >= 11 is 0. The number of benzene rings is 3. The highest BCUT2D eigenvalue weighted by Crippen LogP contribution is 2.15. The van der Waals surface area contributed by atoms with Crippen LogP contribution < -0.4 is 10.1 Å². The summed E-state index contributed by atoms with van der Waals surface area (Å²) in [5, 5.41) is 2.88. The van der Waals surface area contributed by atoms with Gasteiger partial charge in [0.2, 0.25) is 0 Å². The molecule has 3 rings (SSSR count). The van der Waals surface area contributed by atoms with Crippen molar-refractivity contribution >= 4 is 11.6 Å². The molecule has 0 heterocycles. The van der Waals surface area contributed by atoms with Crippen molar-refractivity contribution in [2.24, 2.45) is 0 Å². The number of nitrogens with one attached hydrogen (secondary N) is 1.